The van der Waals surface area contributed by atoms with Crippen molar-refractivity contribution in [2.24, 2.45) is 0 Å². The molecule has 12 nitrogen and oxygen atoms in total. The Kier molecular flexibility index (Phi) is 12.4. The maximum absolute atomic E-state index is 14.0. The second kappa shape index (κ2) is 18.3. The number of hydrogen-bond acceptors (Lipinski definition) is 9. The Morgan fingerprint density at radius 1 is 0.931 bits per heavy atom. The van der Waals surface area contributed by atoms with Crippen molar-refractivity contribution in [2.45, 2.75) is 52.0 Å². The molecule has 4 aromatic heterocycles. The molecule has 0 aliphatic rings. The number of unbranched alkanes of at least 4 members (excludes halogenated alkanes) is 1. The molecule has 13 heteroatoms. The monoisotopic (exact) mass is 778 g/mol. The van der Waals surface area contributed by atoms with Crippen LogP contribution in [0.3, 0.4) is 0 Å². The van der Waals surface area contributed by atoms with E-state index >= 15 is 0 Å². The minimum atomic E-state index is -0.489. The first-order chi connectivity index (χ1) is 28.2. The number of ether oxygens (including phenoxy) is 1. The van der Waals surface area contributed by atoms with E-state index in [4.69, 9.17) is 9.72 Å². The minimum Gasteiger partial charge on any atom is -0.423 e. The van der Waals surface area contributed by atoms with Gasteiger partial charge in [-0.25, -0.2) is 24.1 Å². The van der Waals surface area contributed by atoms with Gasteiger partial charge in [-0.1, -0.05) is 60.7 Å². The summed E-state index contributed by atoms with van der Waals surface area (Å²) in [7, 11) is 0. The van der Waals surface area contributed by atoms with Gasteiger partial charge in [0, 0.05) is 71.6 Å². The van der Waals surface area contributed by atoms with Gasteiger partial charge >= 0.3 is 5.97 Å². The number of aromatic amines is 1. The van der Waals surface area contributed by atoms with Crippen LogP contribution in [-0.2, 0) is 22.4 Å². The van der Waals surface area contributed by atoms with Gasteiger partial charge in [0.1, 0.15) is 17.1 Å². The van der Waals surface area contributed by atoms with Crippen molar-refractivity contribution in [3.05, 3.63) is 144 Å². The average molecular weight is 779 g/mol. The van der Waals surface area contributed by atoms with Crippen LogP contribution in [0.15, 0.2) is 116 Å². The number of amides is 1. The van der Waals surface area contributed by atoms with Gasteiger partial charge in [0.15, 0.2) is 23.1 Å². The lowest BCUT2D eigenvalue weighted by Crippen LogP contribution is -2.24. The molecule has 0 atom stereocenters. The number of nitrogens with one attached hydrogen (secondary N) is 3. The fraction of sp³-hybridized carbons (Fsp3) is 0.222. The van der Waals surface area contributed by atoms with Gasteiger partial charge in [-0.05, 0) is 74.9 Å². The van der Waals surface area contributed by atoms with E-state index < -0.39 is 11.8 Å². The Balaban J connectivity index is 0.861. The number of benzene rings is 3. The van der Waals surface area contributed by atoms with Crippen molar-refractivity contribution in [2.75, 3.05) is 18.4 Å². The van der Waals surface area contributed by atoms with Gasteiger partial charge in [-0.15, -0.1) is 0 Å². The summed E-state index contributed by atoms with van der Waals surface area (Å²) in [5, 5.41) is 7.24. The number of halogens is 1. The predicted octanol–water partition coefficient (Wildman–Crippen LogP) is 7.97. The minimum absolute atomic E-state index is 0.0306. The maximum atomic E-state index is 14.0. The molecule has 4 heterocycles. The second-order valence-corrected chi connectivity index (χ2v) is 14.1. The summed E-state index contributed by atoms with van der Waals surface area (Å²) in [5.41, 5.74) is 5.87. The summed E-state index contributed by atoms with van der Waals surface area (Å²) < 4.78 is 21.6. The lowest BCUT2D eigenvalue weighted by Gasteiger charge is -2.11. The zero-order valence-corrected chi connectivity index (χ0v) is 32.2. The molecule has 7 rings (SSSR count). The maximum Gasteiger partial charge on any atom is 0.335 e. The molecule has 0 saturated carbocycles. The number of H-pyrrole nitrogens is 1. The number of imidazole rings is 1. The van der Waals surface area contributed by atoms with E-state index in [2.05, 4.69) is 30.6 Å². The van der Waals surface area contributed by atoms with Crippen LogP contribution in [0.1, 0.15) is 66.2 Å². The third kappa shape index (κ3) is 9.67. The zero-order valence-electron chi connectivity index (χ0n) is 32.2. The molecule has 58 heavy (non-hydrogen) atoms. The molecule has 3 aromatic carbocycles. The summed E-state index contributed by atoms with van der Waals surface area (Å²) in [4.78, 5) is 58.8. The molecule has 0 aliphatic heterocycles. The number of allylic oxidation sites excluding steroid dienone is 1. The van der Waals surface area contributed by atoms with Crippen molar-refractivity contribution < 1.29 is 23.5 Å². The van der Waals surface area contributed by atoms with Crippen LogP contribution in [0.4, 0.5) is 10.2 Å². The highest BCUT2D eigenvalue weighted by Gasteiger charge is 2.17. The summed E-state index contributed by atoms with van der Waals surface area (Å²) >= 11 is 0. The van der Waals surface area contributed by atoms with Gasteiger partial charge < -0.3 is 24.9 Å². The largest absolute Gasteiger partial charge is 0.423 e. The molecule has 0 bridgehead atoms. The highest BCUT2D eigenvalue weighted by atomic mass is 19.1. The van der Waals surface area contributed by atoms with E-state index in [1.807, 2.05) is 67.1 Å². The lowest BCUT2D eigenvalue weighted by atomic mass is 10.0. The molecular formula is C45H43FN8O4. The molecule has 0 radical (unpaired) electrons. The van der Waals surface area contributed by atoms with Crippen molar-refractivity contribution >= 4 is 45.5 Å². The fourth-order valence-electron chi connectivity index (χ4n) is 6.53. The van der Waals surface area contributed by atoms with Gasteiger partial charge in [-0.3, -0.25) is 14.6 Å². The van der Waals surface area contributed by atoms with Gasteiger partial charge in [-0.2, -0.15) is 0 Å². The van der Waals surface area contributed by atoms with Crippen LogP contribution in [0.25, 0.3) is 33.5 Å². The van der Waals surface area contributed by atoms with Crippen LogP contribution in [0.5, 0.6) is 5.75 Å². The van der Waals surface area contributed by atoms with Crippen LogP contribution >= 0.6 is 0 Å². The molecule has 3 N–H and O–H groups in total. The summed E-state index contributed by atoms with van der Waals surface area (Å²) in [5.74, 6) is 0.246. The highest BCUT2D eigenvalue weighted by Crippen LogP contribution is 2.28. The third-order valence-corrected chi connectivity index (χ3v) is 9.60. The van der Waals surface area contributed by atoms with Crippen molar-refractivity contribution in [1.82, 2.24) is 34.8 Å². The standard InChI is InChI=1S/C45H43FN8O4/c1-29(2)54-28-51-41-44(52-43(53-45(41)54)34-23-35(46)27-47-25-34)49-22-20-33-26-50-38-18-17-36(24-37(33)38)58-40(56)11-7-4-8-21-48-39(55)19-14-30-12-15-32(16-13-30)42(57)31-9-5-3-6-10-31/h3,5-7,9-13,15-18,23-29,50H,4,8,14,19-22H2,1-2H3,(H,48,55)(H,49,52,53). The number of fused-ring (bicyclic) bond motifs is 2. The van der Waals surface area contributed by atoms with Crippen molar-refractivity contribution in [3.63, 3.8) is 0 Å². The summed E-state index contributed by atoms with van der Waals surface area (Å²) in [6.07, 6.45) is 12.3. The van der Waals surface area contributed by atoms with E-state index in [-0.39, 0.29) is 17.7 Å². The summed E-state index contributed by atoms with van der Waals surface area (Å²) in [6, 6.07) is 23.4. The number of hydrogen-bond donors (Lipinski definition) is 3. The first-order valence-electron chi connectivity index (χ1n) is 19.2. The number of ketones is 1. The number of nitrogens with zero attached hydrogens (tertiary/aromatic N) is 5. The molecule has 1 amide bonds. The Labute approximate surface area is 334 Å². The second-order valence-electron chi connectivity index (χ2n) is 14.1. The van der Waals surface area contributed by atoms with Crippen molar-refractivity contribution in [1.29, 1.82) is 0 Å². The molecule has 0 aliphatic carbocycles. The van der Waals surface area contributed by atoms with Crippen LogP contribution in [-0.4, -0.2) is 60.2 Å². The molecule has 7 aromatic rings. The highest BCUT2D eigenvalue weighted by molar-refractivity contribution is 6.09. The Morgan fingerprint density at radius 2 is 1.74 bits per heavy atom. The van der Waals surface area contributed by atoms with Gasteiger partial charge in [0.05, 0.1) is 12.5 Å². The molecule has 0 fully saturated rings. The summed E-state index contributed by atoms with van der Waals surface area (Å²) in [6.45, 7) is 5.06. The van der Waals surface area contributed by atoms with E-state index in [0.717, 1.165) is 28.2 Å². The molecule has 0 spiro atoms. The van der Waals surface area contributed by atoms with Crippen molar-refractivity contribution in [3.8, 4) is 17.1 Å². The first-order valence-corrected chi connectivity index (χ1v) is 19.2. The Morgan fingerprint density at radius 3 is 2.53 bits per heavy atom. The quantitative estimate of drug-likeness (QED) is 0.0274. The number of carbonyl (C=O) groups excluding carboxylic acids is 3. The lowest BCUT2D eigenvalue weighted by molar-refractivity contribution is -0.129. The first kappa shape index (κ1) is 39.2. The van der Waals surface area contributed by atoms with E-state index in [1.54, 1.807) is 42.7 Å². The van der Waals surface area contributed by atoms with Gasteiger partial charge in [0.2, 0.25) is 5.91 Å². The number of aryl methyl sites for hydroxylation is 1. The Hall–Kier alpha value is -7.02. The van der Waals surface area contributed by atoms with Gasteiger partial charge in [0.25, 0.3) is 0 Å². The SMILES string of the molecule is CC(C)n1cnc2c(NCCc3c[nH]c4ccc(OC(=O)C=CCCCNC(=O)CCc5ccc(C(=O)c6ccccc6)cc5)cc34)nc(-c3cncc(F)c3)nc21. The Bertz CT molecular complexity index is 2580. The fourth-order valence-corrected chi connectivity index (χ4v) is 6.53. The van der Waals surface area contributed by atoms with Crippen LogP contribution in [0, 0.1) is 5.82 Å². The predicted molar refractivity (Wildman–Crippen MR) is 221 cm³/mol. The number of pyridine rings is 1. The van der Waals surface area contributed by atoms with E-state index in [1.165, 1.54) is 18.3 Å². The van der Waals surface area contributed by atoms with Crippen LogP contribution in [0.2, 0.25) is 0 Å². The number of esters is 1. The number of carbonyl (C=O) groups is 3. The third-order valence-electron chi connectivity index (χ3n) is 9.60. The number of rotatable bonds is 17. The molecular weight excluding hydrogens is 736 g/mol. The topological polar surface area (TPSA) is 157 Å². The van der Waals surface area contributed by atoms with E-state index in [9.17, 15) is 18.8 Å². The van der Waals surface area contributed by atoms with E-state index in [0.29, 0.717) is 90.4 Å². The molecule has 0 saturated heterocycles. The molecule has 294 valence electrons. The number of anilines is 1. The van der Waals surface area contributed by atoms with Crippen LogP contribution < -0.4 is 15.4 Å². The zero-order chi connectivity index (χ0) is 40.4. The smallest absolute Gasteiger partial charge is 0.335 e. The molecule has 0 unspecified atom stereocenters. The average Bonchev–Trinajstić information content (AvgIpc) is 3.86. The normalized spacial score (nSPS) is 11.4. The number of aromatic nitrogens is 6.